The second kappa shape index (κ2) is 5.21. The van der Waals surface area contributed by atoms with Crippen molar-refractivity contribution in [1.29, 1.82) is 0 Å². The van der Waals surface area contributed by atoms with E-state index in [-0.39, 0.29) is 0 Å². The van der Waals surface area contributed by atoms with E-state index in [0.717, 1.165) is 38.5 Å². The van der Waals surface area contributed by atoms with Gasteiger partial charge in [-0.25, -0.2) is 0 Å². The fourth-order valence-electron chi connectivity index (χ4n) is 1.20. The maximum Gasteiger partial charge on any atom is 0.0981 e. The molecule has 0 saturated carbocycles. The molecular formula is C8H2Br6N2. The minimum Gasteiger partial charge on any atom is -0.346 e. The lowest BCUT2D eigenvalue weighted by molar-refractivity contribution is 1.28. The standard InChI is InChI=1S/C8H2Br6N2/c9-1-3(11)7(13)15-5(1)6-2(10)4(12)8(14)16-6/h15-16H. The van der Waals surface area contributed by atoms with Crippen LogP contribution in [0.5, 0.6) is 0 Å². The van der Waals surface area contributed by atoms with Gasteiger partial charge in [0.2, 0.25) is 0 Å². The molecule has 8 heteroatoms. The summed E-state index contributed by atoms with van der Waals surface area (Å²) in [5, 5.41) is 0. The number of H-pyrrole nitrogens is 2. The highest BCUT2D eigenvalue weighted by molar-refractivity contribution is 9.15. The molecule has 0 unspecified atom stereocenters. The molecule has 2 heterocycles. The smallest absolute Gasteiger partial charge is 0.0981 e. The van der Waals surface area contributed by atoms with Crippen LogP contribution in [-0.4, -0.2) is 9.97 Å². The van der Waals surface area contributed by atoms with E-state index in [1.54, 1.807) is 0 Å². The van der Waals surface area contributed by atoms with Gasteiger partial charge >= 0.3 is 0 Å². The number of aromatic nitrogens is 2. The van der Waals surface area contributed by atoms with Gasteiger partial charge in [0.25, 0.3) is 0 Å². The Morgan fingerprint density at radius 1 is 0.500 bits per heavy atom. The van der Waals surface area contributed by atoms with Crippen LogP contribution in [0.25, 0.3) is 11.4 Å². The largest absolute Gasteiger partial charge is 0.346 e. The molecule has 0 bridgehead atoms. The molecule has 2 rings (SSSR count). The highest BCUT2D eigenvalue weighted by atomic mass is 79.9. The van der Waals surface area contributed by atoms with Gasteiger partial charge in [0.1, 0.15) is 0 Å². The van der Waals surface area contributed by atoms with Crippen LogP contribution in [0, 0.1) is 0 Å². The summed E-state index contributed by atoms with van der Waals surface area (Å²) in [5.74, 6) is 0. The predicted molar refractivity (Wildman–Crippen MR) is 86.8 cm³/mol. The Bertz CT molecular complexity index is 505. The van der Waals surface area contributed by atoms with Gasteiger partial charge < -0.3 is 9.97 Å². The molecule has 0 radical (unpaired) electrons. The van der Waals surface area contributed by atoms with E-state index in [4.69, 9.17) is 0 Å². The van der Waals surface area contributed by atoms with E-state index in [1.807, 2.05) is 0 Å². The Balaban J connectivity index is 2.68. The van der Waals surface area contributed by atoms with Crippen LogP contribution in [0.2, 0.25) is 0 Å². The van der Waals surface area contributed by atoms with Gasteiger partial charge in [0.05, 0.1) is 38.5 Å². The van der Waals surface area contributed by atoms with Crippen molar-refractivity contribution in [3.63, 3.8) is 0 Å². The average Bonchev–Trinajstić information content (AvgIpc) is 2.64. The lowest BCUT2D eigenvalue weighted by Crippen LogP contribution is -1.79. The zero-order valence-corrected chi connectivity index (χ0v) is 16.8. The van der Waals surface area contributed by atoms with E-state index in [2.05, 4.69) is 106 Å². The average molecular weight is 606 g/mol. The zero-order valence-electron chi connectivity index (χ0n) is 7.27. The van der Waals surface area contributed by atoms with E-state index >= 15 is 0 Å². The number of nitrogens with one attached hydrogen (secondary N) is 2. The summed E-state index contributed by atoms with van der Waals surface area (Å²) in [6.45, 7) is 0. The monoisotopic (exact) mass is 600 g/mol. The van der Waals surface area contributed by atoms with E-state index in [1.165, 1.54) is 0 Å². The second-order valence-electron chi connectivity index (χ2n) is 2.88. The third kappa shape index (κ3) is 2.30. The molecule has 0 spiro atoms. The lowest BCUT2D eigenvalue weighted by Gasteiger charge is -1.97. The van der Waals surface area contributed by atoms with E-state index in [9.17, 15) is 0 Å². The van der Waals surface area contributed by atoms with Crippen LogP contribution in [0.15, 0.2) is 27.1 Å². The third-order valence-electron chi connectivity index (χ3n) is 1.93. The summed E-state index contributed by atoms with van der Waals surface area (Å²) in [4.78, 5) is 6.46. The summed E-state index contributed by atoms with van der Waals surface area (Å²) in [6, 6.07) is 0. The SMILES string of the molecule is Brc1[nH]c(-c2[nH]c(Br)c(Br)c2Br)c(Br)c1Br. The summed E-state index contributed by atoms with van der Waals surface area (Å²) >= 11 is 20.8. The summed E-state index contributed by atoms with van der Waals surface area (Å²) in [5.41, 5.74) is 1.91. The van der Waals surface area contributed by atoms with Crippen molar-refractivity contribution >= 4 is 95.6 Å². The molecule has 0 fully saturated rings. The molecular weight excluding hydrogens is 604 g/mol. The van der Waals surface area contributed by atoms with Gasteiger partial charge in [-0.05, 0) is 95.6 Å². The number of hydrogen-bond acceptors (Lipinski definition) is 0. The molecule has 0 atom stereocenters. The third-order valence-corrected chi connectivity index (χ3v) is 8.42. The summed E-state index contributed by atoms with van der Waals surface area (Å²) in [6.07, 6.45) is 0. The molecule has 16 heavy (non-hydrogen) atoms. The van der Waals surface area contributed by atoms with Gasteiger partial charge in [-0.2, -0.15) is 0 Å². The summed E-state index contributed by atoms with van der Waals surface area (Å²) in [7, 11) is 0. The number of hydrogen-bond donors (Lipinski definition) is 2. The van der Waals surface area contributed by atoms with Crippen LogP contribution in [-0.2, 0) is 0 Å². The number of aromatic amines is 2. The maximum absolute atomic E-state index is 3.53. The number of rotatable bonds is 1. The molecule has 0 aliphatic rings. The van der Waals surface area contributed by atoms with Crippen LogP contribution < -0.4 is 0 Å². The normalized spacial score (nSPS) is 11.1. The summed E-state index contributed by atoms with van der Waals surface area (Å²) < 4.78 is 5.61. The molecule has 2 nitrogen and oxygen atoms in total. The molecule has 2 aromatic heterocycles. The molecule has 0 aliphatic heterocycles. The number of halogens is 6. The first-order valence-electron chi connectivity index (χ1n) is 3.88. The molecule has 2 aromatic rings. The molecule has 0 aromatic carbocycles. The van der Waals surface area contributed by atoms with Crippen LogP contribution in [0.1, 0.15) is 0 Å². The minimum absolute atomic E-state index is 0.892. The predicted octanol–water partition coefficient (Wildman–Crippen LogP) is 6.58. The fraction of sp³-hybridized carbons (Fsp3) is 0. The zero-order chi connectivity index (χ0) is 12.0. The van der Waals surface area contributed by atoms with Crippen LogP contribution in [0.3, 0.4) is 0 Å². The molecule has 86 valence electrons. The highest BCUT2D eigenvalue weighted by Crippen LogP contribution is 2.44. The van der Waals surface area contributed by atoms with Gasteiger partial charge in [-0.3, -0.25) is 0 Å². The Morgan fingerprint density at radius 2 is 0.812 bits per heavy atom. The lowest BCUT2D eigenvalue weighted by atomic mass is 10.3. The highest BCUT2D eigenvalue weighted by Gasteiger charge is 2.19. The van der Waals surface area contributed by atoms with E-state index < -0.39 is 0 Å². The molecule has 2 N–H and O–H groups in total. The topological polar surface area (TPSA) is 31.6 Å². The van der Waals surface area contributed by atoms with Crippen molar-refractivity contribution in [2.75, 3.05) is 0 Å². The van der Waals surface area contributed by atoms with Crippen molar-refractivity contribution in [2.45, 2.75) is 0 Å². The van der Waals surface area contributed by atoms with E-state index in [0.29, 0.717) is 0 Å². The first kappa shape index (κ1) is 13.9. The Hall–Kier alpha value is 1.44. The van der Waals surface area contributed by atoms with Gasteiger partial charge in [-0.15, -0.1) is 0 Å². The van der Waals surface area contributed by atoms with Crippen LogP contribution >= 0.6 is 95.6 Å². The van der Waals surface area contributed by atoms with Crippen molar-refractivity contribution in [2.24, 2.45) is 0 Å². The van der Waals surface area contributed by atoms with Gasteiger partial charge in [0.15, 0.2) is 0 Å². The van der Waals surface area contributed by atoms with Gasteiger partial charge in [0, 0.05) is 0 Å². The Morgan fingerprint density at radius 3 is 1.00 bits per heavy atom. The Labute approximate surface area is 142 Å². The van der Waals surface area contributed by atoms with Crippen molar-refractivity contribution in [3.8, 4) is 11.4 Å². The molecule has 0 saturated heterocycles. The first-order valence-corrected chi connectivity index (χ1v) is 8.64. The second-order valence-corrected chi connectivity index (χ2v) is 7.64. The van der Waals surface area contributed by atoms with Crippen molar-refractivity contribution in [3.05, 3.63) is 27.1 Å². The molecule has 0 amide bonds. The van der Waals surface area contributed by atoms with Crippen molar-refractivity contribution in [1.82, 2.24) is 9.97 Å². The first-order chi connectivity index (χ1) is 7.43. The van der Waals surface area contributed by atoms with Crippen molar-refractivity contribution < 1.29 is 0 Å². The Kier molecular flexibility index (Phi) is 4.51. The van der Waals surface area contributed by atoms with Crippen LogP contribution in [0.4, 0.5) is 0 Å². The minimum atomic E-state index is 0.892. The fourth-order valence-corrected chi connectivity index (χ4v) is 4.11. The molecule has 0 aliphatic carbocycles. The maximum atomic E-state index is 3.53. The van der Waals surface area contributed by atoms with Gasteiger partial charge in [-0.1, -0.05) is 0 Å². The quantitative estimate of drug-likeness (QED) is 0.368.